The van der Waals surface area contributed by atoms with Gasteiger partial charge in [-0.25, -0.2) is 0 Å². The Hall–Kier alpha value is 0.550. The van der Waals surface area contributed by atoms with E-state index in [4.69, 9.17) is 0 Å². The molecular weight excluding hydrogens is 263 g/mol. The second-order valence-electron chi connectivity index (χ2n) is 2.12. The summed E-state index contributed by atoms with van der Waals surface area (Å²) in [4.78, 5) is 0. The summed E-state index contributed by atoms with van der Waals surface area (Å²) >= 11 is 1.16. The predicted octanol–water partition coefficient (Wildman–Crippen LogP) is -0.697. The van der Waals surface area contributed by atoms with E-state index < -0.39 is 11.1 Å². The first-order chi connectivity index (χ1) is 5.68. The van der Waals surface area contributed by atoms with Gasteiger partial charge >= 0.3 is 29.6 Å². The van der Waals surface area contributed by atoms with Gasteiger partial charge in [-0.2, -0.15) is 0 Å². The Balaban J connectivity index is 0.00000144. The fourth-order valence-electron chi connectivity index (χ4n) is 0.744. The molecule has 0 saturated heterocycles. The zero-order valence-electron chi connectivity index (χ0n) is 7.07. The maximum Gasteiger partial charge on any atom is 1.00 e. The van der Waals surface area contributed by atoms with Crippen molar-refractivity contribution >= 4 is 33.1 Å². The van der Waals surface area contributed by atoms with Crippen molar-refractivity contribution in [2.75, 3.05) is 0 Å². The maximum atomic E-state index is 10.2. The van der Waals surface area contributed by atoms with Crippen LogP contribution in [0, 0.1) is 0 Å². The van der Waals surface area contributed by atoms with Crippen LogP contribution >= 0.6 is 15.9 Å². The smallest absolute Gasteiger partial charge is 0.769 e. The molecule has 0 fully saturated rings. The first-order valence-corrected chi connectivity index (χ1v) is 5.13. The summed E-state index contributed by atoms with van der Waals surface area (Å²) in [6.45, 7) is 0. The van der Waals surface area contributed by atoms with E-state index in [9.17, 15) is 8.76 Å². The van der Waals surface area contributed by atoms with Crippen molar-refractivity contribution in [1.82, 2.24) is 0 Å². The molecule has 0 spiro atoms. The molecule has 1 aromatic rings. The Morgan fingerprint density at radius 3 is 2.69 bits per heavy atom. The van der Waals surface area contributed by atoms with E-state index in [1.165, 1.54) is 6.08 Å². The molecule has 2 nitrogen and oxygen atoms in total. The number of hydrogen-bond donors (Lipinski definition) is 0. The van der Waals surface area contributed by atoms with Crippen LogP contribution in [0.15, 0.2) is 34.1 Å². The molecule has 0 aliphatic carbocycles. The Morgan fingerprint density at radius 1 is 1.46 bits per heavy atom. The van der Waals surface area contributed by atoms with Gasteiger partial charge in [-0.15, -0.1) is 0 Å². The standard InChI is InChI=1S/C8H7BrO2S.Na/c9-8-3-1-2-7(6-8)4-5-12(10)11;/h1-6H,(H,10,11);/q;+1/p-1/b5-4+;. The molecule has 0 heterocycles. The van der Waals surface area contributed by atoms with Crippen molar-refractivity contribution in [2.24, 2.45) is 0 Å². The van der Waals surface area contributed by atoms with Crippen LogP contribution in [-0.2, 0) is 11.1 Å². The molecule has 1 aromatic carbocycles. The van der Waals surface area contributed by atoms with E-state index in [1.807, 2.05) is 24.3 Å². The minimum Gasteiger partial charge on any atom is -0.769 e. The van der Waals surface area contributed by atoms with Crippen molar-refractivity contribution in [3.63, 3.8) is 0 Å². The molecule has 0 aliphatic heterocycles. The fourth-order valence-corrected chi connectivity index (χ4v) is 1.43. The minimum atomic E-state index is -2.12. The van der Waals surface area contributed by atoms with E-state index in [0.717, 1.165) is 15.4 Å². The Labute approximate surface area is 110 Å². The first-order valence-electron chi connectivity index (χ1n) is 3.20. The van der Waals surface area contributed by atoms with Gasteiger partial charge in [0.2, 0.25) is 0 Å². The number of halogens is 1. The van der Waals surface area contributed by atoms with Crippen molar-refractivity contribution < 1.29 is 38.3 Å². The maximum absolute atomic E-state index is 10.2. The topological polar surface area (TPSA) is 40.1 Å². The average molecular weight is 269 g/mol. The second kappa shape index (κ2) is 6.92. The normalized spacial score (nSPS) is 12.5. The number of hydrogen-bond acceptors (Lipinski definition) is 2. The van der Waals surface area contributed by atoms with E-state index in [2.05, 4.69) is 15.9 Å². The molecule has 0 aromatic heterocycles. The van der Waals surface area contributed by atoms with Crippen LogP contribution in [0.25, 0.3) is 6.08 Å². The van der Waals surface area contributed by atoms with Gasteiger partial charge in [0.25, 0.3) is 0 Å². The second-order valence-corrected chi connectivity index (χ2v) is 3.83. The van der Waals surface area contributed by atoms with Gasteiger partial charge in [-0.1, -0.05) is 28.1 Å². The molecule has 13 heavy (non-hydrogen) atoms. The van der Waals surface area contributed by atoms with Crippen LogP contribution in [0.2, 0.25) is 0 Å². The van der Waals surface area contributed by atoms with Crippen LogP contribution in [0.3, 0.4) is 0 Å². The third kappa shape index (κ3) is 5.78. The summed E-state index contributed by atoms with van der Waals surface area (Å²) in [6.07, 6.45) is 1.54. The Morgan fingerprint density at radius 2 is 2.15 bits per heavy atom. The molecule has 0 bridgehead atoms. The molecule has 0 N–H and O–H groups in total. The molecular formula is C8H6BrNaO2S. The third-order valence-corrected chi connectivity index (χ3v) is 2.07. The molecule has 0 radical (unpaired) electrons. The molecule has 5 heteroatoms. The van der Waals surface area contributed by atoms with E-state index in [0.29, 0.717) is 0 Å². The SMILES string of the molecule is O=S([O-])/C=C/c1cccc(Br)c1.[Na+]. The van der Waals surface area contributed by atoms with Gasteiger partial charge in [-0.05, 0) is 40.3 Å². The van der Waals surface area contributed by atoms with E-state index in [-0.39, 0.29) is 29.6 Å². The number of benzene rings is 1. The monoisotopic (exact) mass is 268 g/mol. The van der Waals surface area contributed by atoms with Gasteiger partial charge in [0.15, 0.2) is 0 Å². The molecule has 0 saturated carbocycles. The summed E-state index contributed by atoms with van der Waals surface area (Å²) in [7, 11) is 0. The quantitative estimate of drug-likeness (QED) is 0.526. The van der Waals surface area contributed by atoms with Gasteiger partial charge < -0.3 is 4.55 Å². The van der Waals surface area contributed by atoms with Gasteiger partial charge in [0, 0.05) is 4.47 Å². The Kier molecular flexibility index (Phi) is 7.22. The van der Waals surface area contributed by atoms with Crippen molar-refractivity contribution in [3.05, 3.63) is 39.7 Å². The third-order valence-electron chi connectivity index (χ3n) is 1.22. The largest absolute Gasteiger partial charge is 1.00 e. The van der Waals surface area contributed by atoms with Crippen LogP contribution in [0.5, 0.6) is 0 Å². The molecule has 0 amide bonds. The van der Waals surface area contributed by atoms with Crippen molar-refractivity contribution in [3.8, 4) is 0 Å². The molecule has 64 valence electrons. The minimum absolute atomic E-state index is 0. The number of rotatable bonds is 2. The summed E-state index contributed by atoms with van der Waals surface area (Å²) < 4.78 is 21.2. The zero-order chi connectivity index (χ0) is 8.97. The molecule has 0 aliphatic rings. The first kappa shape index (κ1) is 13.5. The van der Waals surface area contributed by atoms with Crippen LogP contribution in [-0.4, -0.2) is 8.76 Å². The van der Waals surface area contributed by atoms with E-state index in [1.54, 1.807) is 0 Å². The predicted molar refractivity (Wildman–Crippen MR) is 52.1 cm³/mol. The molecule has 1 atom stereocenters. The van der Waals surface area contributed by atoms with E-state index >= 15 is 0 Å². The van der Waals surface area contributed by atoms with Gasteiger partial charge in [-0.3, -0.25) is 4.21 Å². The zero-order valence-corrected chi connectivity index (χ0v) is 11.5. The molecule has 1 rings (SSSR count). The van der Waals surface area contributed by atoms with Gasteiger partial charge in [0.1, 0.15) is 0 Å². The summed E-state index contributed by atoms with van der Waals surface area (Å²) in [5.74, 6) is 0. The fraction of sp³-hybridized carbons (Fsp3) is 0. The Bertz CT molecular complexity index is 328. The van der Waals surface area contributed by atoms with Crippen molar-refractivity contribution in [1.29, 1.82) is 0 Å². The summed E-state index contributed by atoms with van der Waals surface area (Å²) in [5, 5.41) is 1.11. The van der Waals surface area contributed by atoms with Crippen LogP contribution in [0.1, 0.15) is 5.56 Å². The summed E-state index contributed by atoms with van der Waals surface area (Å²) in [5.41, 5.74) is 0.855. The average Bonchev–Trinajstić information content (AvgIpc) is 2.01. The summed E-state index contributed by atoms with van der Waals surface area (Å²) in [6, 6.07) is 7.39. The van der Waals surface area contributed by atoms with Crippen LogP contribution < -0.4 is 29.6 Å². The van der Waals surface area contributed by atoms with Crippen LogP contribution in [0.4, 0.5) is 0 Å². The van der Waals surface area contributed by atoms with Gasteiger partial charge in [0.05, 0.1) is 0 Å². The van der Waals surface area contributed by atoms with Crippen molar-refractivity contribution in [2.45, 2.75) is 0 Å². The molecule has 1 unspecified atom stereocenters.